The second-order valence-corrected chi connectivity index (χ2v) is 5.99. The highest BCUT2D eigenvalue weighted by Gasteiger charge is 2.24. The predicted molar refractivity (Wildman–Crippen MR) is 84.3 cm³/mol. The number of unbranched alkanes of at least 4 members (excludes halogenated alkanes) is 3. The number of amides is 2. The van der Waals surface area contributed by atoms with Crippen LogP contribution in [0.2, 0.25) is 0 Å². The Morgan fingerprint density at radius 2 is 1.85 bits per heavy atom. The van der Waals surface area contributed by atoms with Gasteiger partial charge in [0.05, 0.1) is 0 Å². The molecule has 0 aromatic carbocycles. The third kappa shape index (κ3) is 9.07. The second kappa shape index (κ2) is 11.9. The molecule has 0 radical (unpaired) electrons. The lowest BCUT2D eigenvalue weighted by Crippen LogP contribution is -2.49. The first-order valence-corrected chi connectivity index (χ1v) is 8.68. The summed E-state index contributed by atoms with van der Waals surface area (Å²) >= 11 is 1.85. The molecule has 5 nitrogen and oxygen atoms in total. The molecule has 0 bridgehead atoms. The van der Waals surface area contributed by atoms with E-state index in [0.29, 0.717) is 13.0 Å². The van der Waals surface area contributed by atoms with Crippen LogP contribution in [-0.2, 0) is 4.79 Å². The zero-order valence-electron chi connectivity index (χ0n) is 12.8. The van der Waals surface area contributed by atoms with Gasteiger partial charge in [-0.1, -0.05) is 33.1 Å². The Labute approximate surface area is 126 Å². The van der Waals surface area contributed by atoms with E-state index in [4.69, 9.17) is 5.11 Å². The van der Waals surface area contributed by atoms with E-state index in [0.717, 1.165) is 12.8 Å². The molecule has 0 fully saturated rings. The lowest BCUT2D eigenvalue weighted by Gasteiger charge is -2.20. The predicted octanol–water partition coefficient (Wildman–Crippen LogP) is 2.71. The van der Waals surface area contributed by atoms with E-state index < -0.39 is 12.0 Å². The Morgan fingerprint density at radius 1 is 1.20 bits per heavy atom. The van der Waals surface area contributed by atoms with Crippen molar-refractivity contribution >= 4 is 23.8 Å². The maximum Gasteiger partial charge on any atom is 0.326 e. The number of carbonyl (C=O) groups excluding carboxylic acids is 1. The van der Waals surface area contributed by atoms with Gasteiger partial charge in [-0.2, -0.15) is 11.8 Å². The molecule has 0 heterocycles. The molecule has 20 heavy (non-hydrogen) atoms. The molecule has 1 unspecified atom stereocenters. The molecule has 3 N–H and O–H groups in total. The highest BCUT2D eigenvalue weighted by molar-refractivity contribution is 7.98. The molecule has 0 spiro atoms. The topological polar surface area (TPSA) is 78.4 Å². The van der Waals surface area contributed by atoms with E-state index >= 15 is 0 Å². The third-order valence-corrected chi connectivity index (χ3v) is 4.02. The average Bonchev–Trinajstić information content (AvgIpc) is 2.42. The summed E-state index contributed by atoms with van der Waals surface area (Å²) in [5.41, 5.74) is 0. The van der Waals surface area contributed by atoms with Crippen LogP contribution in [0, 0.1) is 5.92 Å². The zero-order chi connectivity index (χ0) is 15.4. The average molecular weight is 304 g/mol. The number of urea groups is 1. The number of aliphatic carboxylic acids is 1. The van der Waals surface area contributed by atoms with Crippen LogP contribution in [-0.4, -0.2) is 41.7 Å². The van der Waals surface area contributed by atoms with Gasteiger partial charge in [0.15, 0.2) is 0 Å². The number of rotatable bonds is 11. The SMILES string of the molecule is CCC(C)[C@H](NC(=O)NCCCCCCSC)C(=O)O. The van der Waals surface area contributed by atoms with Gasteiger partial charge in [-0.3, -0.25) is 0 Å². The molecular formula is C14H28N2O3S. The minimum Gasteiger partial charge on any atom is -0.480 e. The van der Waals surface area contributed by atoms with E-state index in [2.05, 4.69) is 16.9 Å². The standard InChI is InChI=1S/C14H28N2O3S/c1-4-11(2)12(13(17)18)16-14(19)15-9-7-5-6-8-10-20-3/h11-12H,4-10H2,1-3H3,(H,17,18)(H2,15,16,19)/t11?,12-/m0/s1. The number of carboxylic acid groups (broad SMARTS) is 1. The maximum absolute atomic E-state index is 11.6. The highest BCUT2D eigenvalue weighted by Crippen LogP contribution is 2.07. The molecule has 6 heteroatoms. The van der Waals surface area contributed by atoms with Crippen molar-refractivity contribution in [2.45, 2.75) is 52.0 Å². The van der Waals surface area contributed by atoms with Crippen LogP contribution in [0.4, 0.5) is 4.79 Å². The summed E-state index contributed by atoms with van der Waals surface area (Å²) in [7, 11) is 0. The van der Waals surface area contributed by atoms with E-state index in [1.54, 1.807) is 0 Å². The van der Waals surface area contributed by atoms with E-state index in [1.807, 2.05) is 25.6 Å². The van der Waals surface area contributed by atoms with Crippen molar-refractivity contribution in [2.24, 2.45) is 5.92 Å². The van der Waals surface area contributed by atoms with E-state index in [1.165, 1.54) is 18.6 Å². The van der Waals surface area contributed by atoms with Gasteiger partial charge in [-0.25, -0.2) is 9.59 Å². The minimum atomic E-state index is -0.980. The Morgan fingerprint density at radius 3 is 2.40 bits per heavy atom. The van der Waals surface area contributed by atoms with Crippen molar-refractivity contribution in [3.05, 3.63) is 0 Å². The van der Waals surface area contributed by atoms with Gasteiger partial charge in [0.25, 0.3) is 0 Å². The summed E-state index contributed by atoms with van der Waals surface area (Å²) in [4.78, 5) is 22.7. The molecule has 0 aromatic rings. The fourth-order valence-electron chi connectivity index (χ4n) is 1.80. The van der Waals surface area contributed by atoms with Crippen LogP contribution in [0.25, 0.3) is 0 Å². The molecule has 0 saturated heterocycles. The normalized spacial score (nSPS) is 13.6. The third-order valence-electron chi connectivity index (χ3n) is 3.33. The van der Waals surface area contributed by atoms with Crippen molar-refractivity contribution < 1.29 is 14.7 Å². The zero-order valence-corrected chi connectivity index (χ0v) is 13.6. The largest absolute Gasteiger partial charge is 0.480 e. The van der Waals surface area contributed by atoms with Crippen LogP contribution >= 0.6 is 11.8 Å². The number of thioether (sulfide) groups is 1. The Balaban J connectivity index is 3.78. The van der Waals surface area contributed by atoms with Crippen LogP contribution < -0.4 is 10.6 Å². The lowest BCUT2D eigenvalue weighted by atomic mass is 9.99. The van der Waals surface area contributed by atoms with E-state index in [-0.39, 0.29) is 11.9 Å². The highest BCUT2D eigenvalue weighted by atomic mass is 32.2. The minimum absolute atomic E-state index is 0.0789. The molecule has 0 aromatic heterocycles. The van der Waals surface area contributed by atoms with Gasteiger partial charge in [0.2, 0.25) is 0 Å². The Kier molecular flexibility index (Phi) is 11.3. The fraction of sp³-hybridized carbons (Fsp3) is 0.857. The summed E-state index contributed by atoms with van der Waals surface area (Å²) in [6, 6.07) is -1.21. The first-order chi connectivity index (χ1) is 9.52. The summed E-state index contributed by atoms with van der Waals surface area (Å²) in [6.07, 6.45) is 7.23. The van der Waals surface area contributed by atoms with Gasteiger partial charge >= 0.3 is 12.0 Å². The molecule has 0 aliphatic carbocycles. The number of nitrogens with one attached hydrogen (secondary N) is 2. The van der Waals surface area contributed by atoms with Gasteiger partial charge in [-0.05, 0) is 30.8 Å². The van der Waals surface area contributed by atoms with E-state index in [9.17, 15) is 9.59 Å². The first-order valence-electron chi connectivity index (χ1n) is 7.29. The molecule has 0 aliphatic heterocycles. The van der Waals surface area contributed by atoms with Gasteiger partial charge in [0.1, 0.15) is 6.04 Å². The molecule has 2 atom stereocenters. The van der Waals surface area contributed by atoms with Crippen molar-refractivity contribution in [1.29, 1.82) is 0 Å². The van der Waals surface area contributed by atoms with Crippen LogP contribution in [0.1, 0.15) is 46.0 Å². The van der Waals surface area contributed by atoms with Gasteiger partial charge in [0, 0.05) is 6.54 Å². The number of carbonyl (C=O) groups is 2. The monoisotopic (exact) mass is 304 g/mol. The second-order valence-electron chi connectivity index (χ2n) is 5.01. The van der Waals surface area contributed by atoms with Crippen molar-refractivity contribution in [3.8, 4) is 0 Å². The molecule has 118 valence electrons. The van der Waals surface area contributed by atoms with Crippen LogP contribution in [0.5, 0.6) is 0 Å². The summed E-state index contributed by atoms with van der Waals surface area (Å²) < 4.78 is 0. The van der Waals surface area contributed by atoms with Crippen molar-refractivity contribution in [1.82, 2.24) is 10.6 Å². The quantitative estimate of drug-likeness (QED) is 0.513. The number of hydrogen-bond acceptors (Lipinski definition) is 3. The smallest absolute Gasteiger partial charge is 0.326 e. The maximum atomic E-state index is 11.6. The Hall–Kier alpha value is -0.910. The Bertz CT molecular complexity index is 288. The van der Waals surface area contributed by atoms with Crippen molar-refractivity contribution in [2.75, 3.05) is 18.6 Å². The summed E-state index contributed by atoms with van der Waals surface area (Å²) in [5.74, 6) is 0.125. The van der Waals surface area contributed by atoms with Crippen LogP contribution in [0.15, 0.2) is 0 Å². The molecule has 0 saturated carbocycles. The van der Waals surface area contributed by atoms with Crippen LogP contribution in [0.3, 0.4) is 0 Å². The number of carboxylic acids is 1. The molecular weight excluding hydrogens is 276 g/mol. The summed E-state index contributed by atoms with van der Waals surface area (Å²) in [6.45, 7) is 4.33. The number of hydrogen-bond donors (Lipinski definition) is 3. The van der Waals surface area contributed by atoms with Gasteiger partial charge < -0.3 is 15.7 Å². The van der Waals surface area contributed by atoms with Crippen molar-refractivity contribution in [3.63, 3.8) is 0 Å². The first kappa shape index (κ1) is 19.1. The lowest BCUT2D eigenvalue weighted by molar-refractivity contribution is -0.140. The summed E-state index contributed by atoms with van der Waals surface area (Å²) in [5, 5.41) is 14.3. The molecule has 0 aliphatic rings. The molecule has 0 rings (SSSR count). The molecule has 2 amide bonds. The van der Waals surface area contributed by atoms with Gasteiger partial charge in [-0.15, -0.1) is 0 Å². The fourth-order valence-corrected chi connectivity index (χ4v) is 2.30.